The number of aromatic carboxylic acids is 1. The Morgan fingerprint density at radius 3 is 2.38 bits per heavy atom. The highest BCUT2D eigenvalue weighted by molar-refractivity contribution is 5.93. The molecule has 0 aliphatic heterocycles. The Morgan fingerprint density at radius 1 is 1.24 bits per heavy atom. The third-order valence-corrected chi connectivity index (χ3v) is 2.80. The number of nitrogens with zero attached hydrogens (tertiary/aromatic N) is 2. The van der Waals surface area contributed by atoms with Crippen LogP contribution in [0.25, 0.3) is 0 Å². The predicted molar refractivity (Wildman–Crippen MR) is 77.0 cm³/mol. The first kappa shape index (κ1) is 14.4. The molecular formula is C14H13N3O4. The first-order valence-corrected chi connectivity index (χ1v) is 6.10. The van der Waals surface area contributed by atoms with Crippen LogP contribution in [0, 0.1) is 24.0 Å². The van der Waals surface area contributed by atoms with Gasteiger partial charge in [-0.05, 0) is 37.1 Å². The van der Waals surface area contributed by atoms with Gasteiger partial charge in [0.2, 0.25) is 0 Å². The molecule has 1 aromatic heterocycles. The number of carboxylic acids is 1. The van der Waals surface area contributed by atoms with Crippen molar-refractivity contribution in [3.05, 3.63) is 57.3 Å². The molecule has 21 heavy (non-hydrogen) atoms. The van der Waals surface area contributed by atoms with Gasteiger partial charge in [-0.15, -0.1) is 0 Å². The number of nitro groups is 1. The topological polar surface area (TPSA) is 105 Å². The van der Waals surface area contributed by atoms with Gasteiger partial charge >= 0.3 is 11.7 Å². The van der Waals surface area contributed by atoms with E-state index in [9.17, 15) is 14.9 Å². The summed E-state index contributed by atoms with van der Waals surface area (Å²) >= 11 is 0. The van der Waals surface area contributed by atoms with Crippen molar-refractivity contribution in [2.24, 2.45) is 0 Å². The Balaban J connectivity index is 2.39. The minimum atomic E-state index is -1.37. The number of hydrogen-bond donors (Lipinski definition) is 2. The Kier molecular flexibility index (Phi) is 3.84. The molecule has 0 atom stereocenters. The number of rotatable bonds is 4. The van der Waals surface area contributed by atoms with Crippen LogP contribution in [0.4, 0.5) is 17.2 Å². The van der Waals surface area contributed by atoms with Crippen LogP contribution in [0.3, 0.4) is 0 Å². The summed E-state index contributed by atoms with van der Waals surface area (Å²) in [5, 5.41) is 22.8. The number of hydrogen-bond acceptors (Lipinski definition) is 5. The van der Waals surface area contributed by atoms with E-state index in [1.54, 1.807) is 0 Å². The molecule has 2 rings (SSSR count). The summed E-state index contributed by atoms with van der Waals surface area (Å²) in [6.45, 7) is 3.87. The van der Waals surface area contributed by atoms with Crippen LogP contribution in [-0.4, -0.2) is 21.0 Å². The number of aromatic nitrogens is 1. The van der Waals surface area contributed by atoms with Crippen LogP contribution in [-0.2, 0) is 0 Å². The van der Waals surface area contributed by atoms with Gasteiger partial charge in [0.05, 0.1) is 4.92 Å². The first-order valence-electron chi connectivity index (χ1n) is 6.10. The molecule has 0 saturated heterocycles. The number of anilines is 2. The molecule has 0 spiro atoms. The molecule has 1 aromatic carbocycles. The highest BCUT2D eigenvalue weighted by Crippen LogP contribution is 2.23. The predicted octanol–water partition coefficient (Wildman–Crippen LogP) is 3.05. The van der Waals surface area contributed by atoms with Gasteiger partial charge in [0, 0.05) is 11.8 Å². The normalized spacial score (nSPS) is 10.2. The summed E-state index contributed by atoms with van der Waals surface area (Å²) in [4.78, 5) is 25.0. The smallest absolute Gasteiger partial charge is 0.342 e. The van der Waals surface area contributed by atoms with Gasteiger partial charge in [-0.2, -0.15) is 0 Å². The van der Waals surface area contributed by atoms with Crippen LogP contribution in [0.5, 0.6) is 0 Å². The minimum absolute atomic E-state index is 0.239. The Bertz CT molecular complexity index is 708. The Morgan fingerprint density at radius 2 is 1.86 bits per heavy atom. The van der Waals surface area contributed by atoms with E-state index in [0.29, 0.717) is 0 Å². The van der Waals surface area contributed by atoms with Gasteiger partial charge in [0.1, 0.15) is 17.6 Å². The monoisotopic (exact) mass is 287 g/mol. The second-order valence-corrected chi connectivity index (χ2v) is 4.65. The molecule has 2 aromatic rings. The molecule has 1 heterocycles. The standard InChI is InChI=1S/C14H13N3O4/c1-8-3-9(2)5-10(4-8)16-13-6-11(14(18)19)12(7-15-13)17(20)21/h3-7H,1-2H3,(H,15,16)(H,18,19). The van der Waals surface area contributed by atoms with Crippen LogP contribution in [0.2, 0.25) is 0 Å². The van der Waals surface area contributed by atoms with Crippen molar-refractivity contribution in [3.8, 4) is 0 Å². The van der Waals surface area contributed by atoms with Crippen molar-refractivity contribution in [1.82, 2.24) is 4.98 Å². The fraction of sp³-hybridized carbons (Fsp3) is 0.143. The van der Waals surface area contributed by atoms with Crippen LogP contribution in [0.1, 0.15) is 21.5 Å². The minimum Gasteiger partial charge on any atom is -0.477 e. The van der Waals surface area contributed by atoms with Gasteiger partial charge in [-0.25, -0.2) is 9.78 Å². The maximum atomic E-state index is 11.1. The van der Waals surface area contributed by atoms with Crippen LogP contribution >= 0.6 is 0 Å². The van der Waals surface area contributed by atoms with Crippen LogP contribution in [0.15, 0.2) is 30.5 Å². The molecule has 0 aliphatic rings. The van der Waals surface area contributed by atoms with E-state index in [4.69, 9.17) is 5.11 Å². The zero-order chi connectivity index (χ0) is 15.6. The van der Waals surface area contributed by atoms with E-state index < -0.39 is 22.1 Å². The number of pyridine rings is 1. The molecule has 0 bridgehead atoms. The molecule has 0 aliphatic carbocycles. The Hall–Kier alpha value is -2.96. The molecule has 0 saturated carbocycles. The van der Waals surface area contributed by atoms with E-state index >= 15 is 0 Å². The van der Waals surface area contributed by atoms with Crippen molar-refractivity contribution in [2.45, 2.75) is 13.8 Å². The highest BCUT2D eigenvalue weighted by atomic mass is 16.6. The lowest BCUT2D eigenvalue weighted by Crippen LogP contribution is -2.05. The van der Waals surface area contributed by atoms with E-state index in [-0.39, 0.29) is 5.82 Å². The average Bonchev–Trinajstić information content (AvgIpc) is 2.36. The zero-order valence-corrected chi connectivity index (χ0v) is 11.5. The molecule has 2 N–H and O–H groups in total. The summed E-state index contributed by atoms with van der Waals surface area (Å²) in [7, 11) is 0. The molecule has 7 heteroatoms. The second-order valence-electron chi connectivity index (χ2n) is 4.65. The summed E-state index contributed by atoms with van der Waals surface area (Å²) in [5.41, 5.74) is 1.89. The number of nitrogens with one attached hydrogen (secondary N) is 1. The van der Waals surface area contributed by atoms with Crippen molar-refractivity contribution in [1.29, 1.82) is 0 Å². The SMILES string of the molecule is Cc1cc(C)cc(Nc2cc(C(=O)O)c([N+](=O)[O-])cn2)c1. The fourth-order valence-electron chi connectivity index (χ4n) is 2.03. The number of aryl methyl sites for hydroxylation is 2. The molecular weight excluding hydrogens is 274 g/mol. The van der Waals surface area contributed by atoms with Crippen molar-refractivity contribution >= 4 is 23.2 Å². The van der Waals surface area contributed by atoms with Gasteiger partial charge in [-0.3, -0.25) is 10.1 Å². The van der Waals surface area contributed by atoms with Crippen LogP contribution < -0.4 is 5.32 Å². The van der Waals surface area contributed by atoms with E-state index in [0.717, 1.165) is 29.1 Å². The lowest BCUT2D eigenvalue weighted by Gasteiger charge is -2.08. The summed E-state index contributed by atoms with van der Waals surface area (Å²) in [6.07, 6.45) is 0.939. The van der Waals surface area contributed by atoms with E-state index in [1.165, 1.54) is 0 Å². The maximum absolute atomic E-state index is 11.1. The number of carbonyl (C=O) groups is 1. The zero-order valence-electron chi connectivity index (χ0n) is 11.5. The van der Waals surface area contributed by atoms with Crippen molar-refractivity contribution in [2.75, 3.05) is 5.32 Å². The highest BCUT2D eigenvalue weighted by Gasteiger charge is 2.21. The van der Waals surface area contributed by atoms with E-state index in [2.05, 4.69) is 10.3 Å². The number of benzene rings is 1. The summed E-state index contributed by atoms with van der Waals surface area (Å²) in [5.74, 6) is -1.13. The molecule has 108 valence electrons. The maximum Gasteiger partial charge on any atom is 0.342 e. The Labute approximate surface area is 120 Å². The number of carboxylic acid groups (broad SMARTS) is 1. The lowest BCUT2D eigenvalue weighted by atomic mass is 10.1. The molecule has 0 amide bonds. The van der Waals surface area contributed by atoms with Crippen molar-refractivity contribution < 1.29 is 14.8 Å². The molecule has 0 unspecified atom stereocenters. The third kappa shape index (κ3) is 3.33. The molecule has 7 nitrogen and oxygen atoms in total. The van der Waals surface area contributed by atoms with Gasteiger partial charge in [0.15, 0.2) is 0 Å². The van der Waals surface area contributed by atoms with E-state index in [1.807, 2.05) is 32.0 Å². The molecule has 0 radical (unpaired) electrons. The lowest BCUT2D eigenvalue weighted by molar-refractivity contribution is -0.385. The average molecular weight is 287 g/mol. The van der Waals surface area contributed by atoms with Gasteiger partial charge in [-0.1, -0.05) is 6.07 Å². The first-order chi connectivity index (χ1) is 9.86. The summed E-state index contributed by atoms with van der Waals surface area (Å²) in [6, 6.07) is 6.89. The fourth-order valence-corrected chi connectivity index (χ4v) is 2.03. The molecule has 0 fully saturated rings. The van der Waals surface area contributed by atoms with Crippen molar-refractivity contribution in [3.63, 3.8) is 0 Å². The quantitative estimate of drug-likeness (QED) is 0.661. The third-order valence-electron chi connectivity index (χ3n) is 2.80. The summed E-state index contributed by atoms with van der Waals surface area (Å²) < 4.78 is 0. The van der Waals surface area contributed by atoms with Gasteiger partial charge in [0.25, 0.3) is 0 Å². The largest absolute Gasteiger partial charge is 0.477 e. The van der Waals surface area contributed by atoms with Gasteiger partial charge < -0.3 is 10.4 Å². The second kappa shape index (κ2) is 5.58.